The van der Waals surface area contributed by atoms with Crippen molar-refractivity contribution in [3.63, 3.8) is 0 Å². The summed E-state index contributed by atoms with van der Waals surface area (Å²) in [5.74, 6) is -1.51. The summed E-state index contributed by atoms with van der Waals surface area (Å²) in [6, 6.07) is 27.2. The average Bonchev–Trinajstić information content (AvgIpc) is 3.87. The van der Waals surface area contributed by atoms with Gasteiger partial charge < -0.3 is 20.5 Å². The Balaban J connectivity index is 0.000000174. The average molecular weight is 722 g/mol. The molecule has 2 aliphatic carbocycles. The van der Waals surface area contributed by atoms with Crippen molar-refractivity contribution >= 4 is 72.5 Å². The molecule has 2 fully saturated rings. The Morgan fingerprint density at radius 3 is 1.96 bits per heavy atom. The van der Waals surface area contributed by atoms with Crippen molar-refractivity contribution in [1.82, 2.24) is 10.6 Å². The fourth-order valence-electron chi connectivity index (χ4n) is 7.23. The van der Waals surface area contributed by atoms with E-state index in [1.807, 2.05) is 42.5 Å². The third kappa shape index (κ3) is 7.31. The Morgan fingerprint density at radius 2 is 1.33 bits per heavy atom. The summed E-state index contributed by atoms with van der Waals surface area (Å²) in [5, 5.41) is 17.5. The number of amides is 2. The van der Waals surface area contributed by atoms with Crippen molar-refractivity contribution in [3.8, 4) is 0 Å². The molecule has 11 heteroatoms. The molecule has 262 valence electrons. The van der Waals surface area contributed by atoms with E-state index in [2.05, 4.69) is 33.8 Å². The maximum absolute atomic E-state index is 13.4. The van der Waals surface area contributed by atoms with Crippen LogP contribution >= 0.6 is 22.7 Å². The number of carboxylic acid groups (broad SMARTS) is 1. The Kier molecular flexibility index (Phi) is 10.0. The number of thiophene rings is 2. The SMILES string of the molecule is O=C(NC1(C(=O)N[C@H](C(=O)O)c2ccccc2)CCCCC1)c1cc2ccccc2s1.O=C1OC(c2cc3ccccc3s2)=NC12CCCCC2. The number of aliphatic carboxylic acids is 1. The zero-order valence-electron chi connectivity index (χ0n) is 28.1. The van der Waals surface area contributed by atoms with Gasteiger partial charge in [-0.15, -0.1) is 22.7 Å². The molecule has 8 rings (SSSR count). The van der Waals surface area contributed by atoms with E-state index in [9.17, 15) is 24.3 Å². The van der Waals surface area contributed by atoms with Crippen LogP contribution in [0, 0.1) is 0 Å². The normalized spacial score (nSPS) is 18.3. The number of rotatable bonds is 7. The van der Waals surface area contributed by atoms with Crippen LogP contribution in [0.4, 0.5) is 0 Å². The monoisotopic (exact) mass is 721 g/mol. The van der Waals surface area contributed by atoms with Gasteiger partial charge >= 0.3 is 11.9 Å². The minimum Gasteiger partial charge on any atom is -0.479 e. The third-order valence-corrected chi connectivity index (χ3v) is 12.2. The number of nitrogens with one attached hydrogen (secondary N) is 2. The van der Waals surface area contributed by atoms with E-state index in [0.717, 1.165) is 59.9 Å². The highest BCUT2D eigenvalue weighted by Gasteiger charge is 2.47. The van der Waals surface area contributed by atoms with Gasteiger partial charge in [-0.1, -0.05) is 105 Å². The summed E-state index contributed by atoms with van der Waals surface area (Å²) < 4.78 is 7.70. The Morgan fingerprint density at radius 1 is 0.745 bits per heavy atom. The Hall–Kier alpha value is -4.87. The Labute approximate surface area is 303 Å². The molecule has 0 radical (unpaired) electrons. The number of esters is 1. The molecule has 0 unspecified atom stereocenters. The van der Waals surface area contributed by atoms with Crippen LogP contribution in [0.25, 0.3) is 20.2 Å². The number of cyclic esters (lactones) is 1. The molecular formula is C40H39N3O6S2. The lowest BCUT2D eigenvalue weighted by Gasteiger charge is -2.37. The highest BCUT2D eigenvalue weighted by Crippen LogP contribution is 2.39. The smallest absolute Gasteiger partial charge is 0.340 e. The summed E-state index contributed by atoms with van der Waals surface area (Å²) in [5.41, 5.74) is -1.21. The van der Waals surface area contributed by atoms with Gasteiger partial charge in [0.25, 0.3) is 5.91 Å². The largest absolute Gasteiger partial charge is 0.479 e. The van der Waals surface area contributed by atoms with E-state index in [1.165, 1.54) is 27.8 Å². The lowest BCUT2D eigenvalue weighted by Crippen LogP contribution is -2.60. The minimum atomic E-state index is -1.17. The van der Waals surface area contributed by atoms with Crippen LogP contribution in [-0.4, -0.2) is 45.8 Å². The number of carbonyl (C=O) groups excluding carboxylic acids is 3. The van der Waals surface area contributed by atoms with Gasteiger partial charge in [-0.25, -0.2) is 14.6 Å². The fourth-order valence-corrected chi connectivity index (χ4v) is 9.18. The number of carboxylic acids is 1. The molecule has 1 aliphatic heterocycles. The van der Waals surface area contributed by atoms with E-state index in [-0.39, 0.29) is 11.9 Å². The zero-order chi connectivity index (χ0) is 35.4. The minimum absolute atomic E-state index is 0.148. The molecule has 1 spiro atoms. The summed E-state index contributed by atoms with van der Waals surface area (Å²) >= 11 is 3.02. The number of aliphatic imine (C=N–C) groups is 1. The van der Waals surface area contributed by atoms with Crippen molar-refractivity contribution in [3.05, 3.63) is 106 Å². The van der Waals surface area contributed by atoms with Crippen LogP contribution in [0.2, 0.25) is 0 Å². The molecule has 2 saturated carbocycles. The van der Waals surface area contributed by atoms with Gasteiger partial charge in [-0.05, 0) is 66.3 Å². The maximum Gasteiger partial charge on any atom is 0.340 e. The Bertz CT molecular complexity index is 2040. The predicted molar refractivity (Wildman–Crippen MR) is 200 cm³/mol. The van der Waals surface area contributed by atoms with E-state index >= 15 is 0 Å². The summed E-state index contributed by atoms with van der Waals surface area (Å²) in [4.78, 5) is 56.7. The first kappa shape index (κ1) is 34.6. The zero-order valence-corrected chi connectivity index (χ0v) is 29.7. The van der Waals surface area contributed by atoms with Gasteiger partial charge in [0.1, 0.15) is 5.54 Å². The first-order chi connectivity index (χ1) is 24.8. The molecule has 3 aliphatic rings. The number of hydrogen-bond acceptors (Lipinski definition) is 8. The second-order valence-corrected chi connectivity index (χ2v) is 15.6. The summed E-state index contributed by atoms with van der Waals surface area (Å²) in [7, 11) is 0. The third-order valence-electron chi connectivity index (χ3n) is 10.0. The van der Waals surface area contributed by atoms with Gasteiger partial charge in [0.15, 0.2) is 11.6 Å². The van der Waals surface area contributed by atoms with Gasteiger partial charge in [-0.3, -0.25) is 9.59 Å². The molecule has 2 amide bonds. The highest BCUT2D eigenvalue weighted by molar-refractivity contribution is 7.21. The second kappa shape index (κ2) is 14.8. The molecule has 5 aromatic rings. The molecule has 9 nitrogen and oxygen atoms in total. The van der Waals surface area contributed by atoms with Crippen LogP contribution in [0.1, 0.15) is 90.4 Å². The number of fused-ring (bicyclic) bond motifs is 2. The van der Waals surface area contributed by atoms with E-state index in [4.69, 9.17) is 4.74 Å². The number of benzene rings is 3. The molecule has 3 N–H and O–H groups in total. The number of hydrogen-bond donors (Lipinski definition) is 3. The van der Waals surface area contributed by atoms with Crippen molar-refractivity contribution < 1.29 is 29.0 Å². The van der Waals surface area contributed by atoms with Gasteiger partial charge in [0, 0.05) is 9.40 Å². The maximum atomic E-state index is 13.4. The first-order valence-corrected chi connectivity index (χ1v) is 19.1. The quantitative estimate of drug-likeness (QED) is 0.145. The molecule has 0 saturated heterocycles. The standard InChI is InChI=1S/C24H24N2O4S.C16H15NO2S/c27-21(19-15-17-11-5-6-12-18(17)31-19)26-24(13-7-2-8-14-24)23(30)25-20(22(28)29)16-9-3-1-4-10-16;18-15-16(8-4-1-5-9-16)17-14(19-15)13-10-11-6-2-3-7-12(11)20-13/h1,3-6,9-12,15,20H,2,7-8,13-14H2,(H,25,30)(H,26,27)(H,28,29);2-3,6-7,10H,1,4-5,8-9H2/t20-;/m0./s1. The van der Waals surface area contributed by atoms with Gasteiger partial charge in [0.05, 0.1) is 9.75 Å². The molecule has 1 atom stereocenters. The van der Waals surface area contributed by atoms with Crippen LogP contribution < -0.4 is 10.6 Å². The number of carbonyl (C=O) groups is 4. The number of ether oxygens (including phenoxy) is 1. The number of nitrogens with zero attached hydrogens (tertiary/aromatic N) is 1. The van der Waals surface area contributed by atoms with Crippen molar-refractivity contribution in [2.45, 2.75) is 81.3 Å². The van der Waals surface area contributed by atoms with Gasteiger partial charge in [0.2, 0.25) is 11.8 Å². The molecular weight excluding hydrogens is 683 g/mol. The van der Waals surface area contributed by atoms with E-state index < -0.39 is 29.0 Å². The second-order valence-electron chi connectivity index (χ2n) is 13.4. The van der Waals surface area contributed by atoms with Crippen LogP contribution in [0.3, 0.4) is 0 Å². The lowest BCUT2D eigenvalue weighted by molar-refractivity contribution is -0.143. The molecule has 3 heterocycles. The molecule has 3 aromatic carbocycles. The first-order valence-electron chi connectivity index (χ1n) is 17.5. The van der Waals surface area contributed by atoms with Crippen molar-refractivity contribution in [1.29, 1.82) is 0 Å². The van der Waals surface area contributed by atoms with E-state index in [0.29, 0.717) is 29.2 Å². The highest BCUT2D eigenvalue weighted by atomic mass is 32.1. The van der Waals surface area contributed by atoms with Crippen LogP contribution in [0.15, 0.2) is 96.0 Å². The van der Waals surface area contributed by atoms with Crippen LogP contribution in [0.5, 0.6) is 0 Å². The molecule has 2 aromatic heterocycles. The van der Waals surface area contributed by atoms with Crippen LogP contribution in [-0.2, 0) is 19.1 Å². The summed E-state index contributed by atoms with van der Waals surface area (Å²) in [6.45, 7) is 0. The van der Waals surface area contributed by atoms with Crippen molar-refractivity contribution in [2.24, 2.45) is 4.99 Å². The fraction of sp³-hybridized carbons (Fsp3) is 0.325. The topological polar surface area (TPSA) is 134 Å². The lowest BCUT2D eigenvalue weighted by atomic mass is 9.80. The predicted octanol–water partition coefficient (Wildman–Crippen LogP) is 8.18. The molecule has 0 bridgehead atoms. The summed E-state index contributed by atoms with van der Waals surface area (Å²) in [6.07, 6.45) is 8.54. The van der Waals surface area contributed by atoms with Crippen molar-refractivity contribution in [2.75, 3.05) is 0 Å². The van der Waals surface area contributed by atoms with Gasteiger partial charge in [-0.2, -0.15) is 0 Å². The van der Waals surface area contributed by atoms with E-state index in [1.54, 1.807) is 41.7 Å². The molecule has 51 heavy (non-hydrogen) atoms.